The average molecular weight is 491 g/mol. The molecule has 146 valence electrons. The van der Waals surface area contributed by atoms with E-state index < -0.39 is 5.91 Å². The van der Waals surface area contributed by atoms with Crippen molar-refractivity contribution >= 4 is 67.6 Å². The second-order valence-electron chi connectivity index (χ2n) is 6.11. The smallest absolute Gasteiger partial charge is 0.293 e. The fourth-order valence-corrected chi connectivity index (χ4v) is 3.35. The number of carbonyl (C=O) groups is 1. The zero-order valence-electron chi connectivity index (χ0n) is 14.7. The van der Waals surface area contributed by atoms with E-state index >= 15 is 0 Å². The Kier molecular flexibility index (Phi) is 5.66. The van der Waals surface area contributed by atoms with Crippen LogP contribution in [0.25, 0.3) is 11.1 Å². The Morgan fingerprint density at radius 1 is 1.10 bits per heavy atom. The van der Waals surface area contributed by atoms with Crippen molar-refractivity contribution in [2.24, 2.45) is 0 Å². The van der Waals surface area contributed by atoms with E-state index in [1.807, 2.05) is 24.3 Å². The van der Waals surface area contributed by atoms with E-state index in [4.69, 9.17) is 32.7 Å². The fraction of sp³-hybridized carbons (Fsp3) is 0.0500. The maximum Gasteiger partial charge on any atom is 0.293 e. The lowest BCUT2D eigenvalue weighted by molar-refractivity contribution is 0.0949. The minimum absolute atomic E-state index is 0.163. The number of fused-ring (bicyclic) bond motifs is 1. The summed E-state index contributed by atoms with van der Waals surface area (Å²) >= 11 is 14.3. The number of nitrogens with one attached hydrogen (secondary N) is 2. The Morgan fingerprint density at radius 2 is 1.90 bits per heavy atom. The molecule has 0 aliphatic carbocycles. The van der Waals surface area contributed by atoms with Crippen molar-refractivity contribution in [2.75, 3.05) is 5.32 Å². The highest BCUT2D eigenvalue weighted by atomic mass is 79.9. The van der Waals surface area contributed by atoms with Gasteiger partial charge in [-0.3, -0.25) is 10.1 Å². The molecule has 0 spiro atoms. The van der Waals surface area contributed by atoms with Crippen LogP contribution in [0.15, 0.2) is 68.1 Å². The molecule has 1 amide bonds. The molecule has 0 atom stereocenters. The van der Waals surface area contributed by atoms with E-state index in [1.54, 1.807) is 30.3 Å². The molecule has 0 saturated heterocycles. The Bertz CT molecular complexity index is 1200. The minimum atomic E-state index is -0.430. The molecule has 2 N–H and O–H groups in total. The molecule has 0 aliphatic rings. The van der Waals surface area contributed by atoms with Gasteiger partial charge in [-0.1, -0.05) is 23.7 Å². The lowest BCUT2D eigenvalue weighted by Gasteiger charge is -2.09. The van der Waals surface area contributed by atoms with Crippen molar-refractivity contribution in [3.63, 3.8) is 0 Å². The largest absolute Gasteiger partial charge is 0.444 e. The summed E-state index contributed by atoms with van der Waals surface area (Å²) in [6.07, 6.45) is 0.543. The van der Waals surface area contributed by atoms with E-state index in [9.17, 15) is 4.79 Å². The van der Waals surface area contributed by atoms with Crippen molar-refractivity contribution in [3.05, 3.63) is 81.5 Å². The molecule has 0 aliphatic heterocycles. The predicted molar refractivity (Wildman–Crippen MR) is 118 cm³/mol. The van der Waals surface area contributed by atoms with Crippen molar-refractivity contribution in [2.45, 2.75) is 6.42 Å². The predicted octanol–water partition coefficient (Wildman–Crippen LogP) is 5.55. The number of anilines is 1. The first-order chi connectivity index (χ1) is 14.0. The monoisotopic (exact) mass is 489 g/mol. The van der Waals surface area contributed by atoms with Gasteiger partial charge >= 0.3 is 0 Å². The first-order valence-electron chi connectivity index (χ1n) is 8.48. The second kappa shape index (κ2) is 8.36. The van der Waals surface area contributed by atoms with E-state index in [-0.39, 0.29) is 10.9 Å². The molecule has 0 fully saturated rings. The summed E-state index contributed by atoms with van der Waals surface area (Å²) in [5, 5.41) is 6.32. The van der Waals surface area contributed by atoms with Crippen LogP contribution in [-0.4, -0.2) is 16.0 Å². The highest BCUT2D eigenvalue weighted by Crippen LogP contribution is 2.22. The number of amides is 1. The van der Waals surface area contributed by atoms with Gasteiger partial charge in [-0.05, 0) is 76.2 Å². The SMILES string of the molecule is O=C(NC(=S)Nc1ccc(Cc2nc3cc(Cl)ccc3o2)cc1)c1ccc(Br)o1. The summed E-state index contributed by atoms with van der Waals surface area (Å²) in [5.41, 5.74) is 3.19. The number of carbonyl (C=O) groups excluding carboxylic acids is 1. The molecule has 9 heteroatoms. The molecular weight excluding hydrogens is 478 g/mol. The Labute approximate surface area is 184 Å². The van der Waals surface area contributed by atoms with Gasteiger partial charge in [0.1, 0.15) is 5.52 Å². The van der Waals surface area contributed by atoms with E-state index in [0.717, 1.165) is 16.8 Å². The zero-order valence-corrected chi connectivity index (χ0v) is 17.9. The Morgan fingerprint density at radius 3 is 2.62 bits per heavy atom. The van der Waals surface area contributed by atoms with Gasteiger partial charge in [0.2, 0.25) is 0 Å². The van der Waals surface area contributed by atoms with Crippen molar-refractivity contribution < 1.29 is 13.6 Å². The van der Waals surface area contributed by atoms with Gasteiger partial charge in [0.15, 0.2) is 27.0 Å². The van der Waals surface area contributed by atoms with Gasteiger partial charge in [0.05, 0.1) is 0 Å². The third-order valence-electron chi connectivity index (χ3n) is 3.99. The third kappa shape index (κ3) is 4.84. The van der Waals surface area contributed by atoms with Gasteiger partial charge in [0.25, 0.3) is 5.91 Å². The van der Waals surface area contributed by atoms with Crippen molar-refractivity contribution in [1.29, 1.82) is 0 Å². The molecule has 2 heterocycles. The topological polar surface area (TPSA) is 80.3 Å². The van der Waals surface area contributed by atoms with Crippen LogP contribution in [0.4, 0.5) is 5.69 Å². The third-order valence-corrected chi connectivity index (χ3v) is 4.85. The first-order valence-corrected chi connectivity index (χ1v) is 10.1. The van der Waals surface area contributed by atoms with E-state index in [0.29, 0.717) is 27.6 Å². The molecule has 4 rings (SSSR count). The standard InChI is InChI=1S/C20H13BrClN3O3S/c21-17-8-7-16(27-17)19(26)25-20(29)23-13-4-1-11(2-5-13)9-18-24-14-10-12(22)3-6-15(14)28-18/h1-8,10H,9H2,(H2,23,25,26,29). The van der Waals surface area contributed by atoms with Gasteiger partial charge in [0, 0.05) is 17.1 Å². The highest BCUT2D eigenvalue weighted by Gasteiger charge is 2.12. The number of halogens is 2. The molecule has 4 aromatic rings. The molecule has 0 unspecified atom stereocenters. The average Bonchev–Trinajstić information content (AvgIpc) is 3.28. The fourth-order valence-electron chi connectivity index (χ4n) is 2.67. The number of hydrogen-bond acceptors (Lipinski definition) is 5. The van der Waals surface area contributed by atoms with Crippen LogP contribution >= 0.6 is 39.7 Å². The number of oxazole rings is 1. The summed E-state index contributed by atoms with van der Waals surface area (Å²) in [5.74, 6) is 0.340. The van der Waals surface area contributed by atoms with E-state index in [1.165, 1.54) is 0 Å². The number of rotatable bonds is 4. The summed E-state index contributed by atoms with van der Waals surface area (Å²) in [4.78, 5) is 16.5. The molecule has 0 bridgehead atoms. The number of hydrogen-bond donors (Lipinski definition) is 2. The molecule has 6 nitrogen and oxygen atoms in total. The summed E-state index contributed by atoms with van der Waals surface area (Å²) in [6.45, 7) is 0. The zero-order chi connectivity index (χ0) is 20.4. The van der Waals surface area contributed by atoms with Crippen LogP contribution < -0.4 is 10.6 Å². The molecule has 0 saturated carbocycles. The molecule has 29 heavy (non-hydrogen) atoms. The normalized spacial score (nSPS) is 10.8. The lowest BCUT2D eigenvalue weighted by atomic mass is 10.1. The van der Waals surface area contributed by atoms with Crippen LogP contribution in [0.5, 0.6) is 0 Å². The molecule has 0 radical (unpaired) electrons. The minimum Gasteiger partial charge on any atom is -0.444 e. The molecule has 2 aromatic carbocycles. The quantitative estimate of drug-likeness (QED) is 0.365. The maximum atomic E-state index is 12.0. The van der Waals surface area contributed by atoms with Crippen LogP contribution in [0.1, 0.15) is 22.0 Å². The van der Waals surface area contributed by atoms with Crippen LogP contribution in [0.2, 0.25) is 5.02 Å². The first kappa shape index (κ1) is 19.6. The molecular formula is C20H13BrClN3O3S. The maximum absolute atomic E-state index is 12.0. The van der Waals surface area contributed by atoms with Crippen molar-refractivity contribution in [3.8, 4) is 0 Å². The van der Waals surface area contributed by atoms with Gasteiger partial charge in [-0.2, -0.15) is 0 Å². The van der Waals surface area contributed by atoms with Crippen molar-refractivity contribution in [1.82, 2.24) is 10.3 Å². The summed E-state index contributed by atoms with van der Waals surface area (Å²) < 4.78 is 11.4. The summed E-state index contributed by atoms with van der Waals surface area (Å²) in [7, 11) is 0. The van der Waals surface area contributed by atoms with Crippen LogP contribution in [0.3, 0.4) is 0 Å². The van der Waals surface area contributed by atoms with Crippen LogP contribution in [0, 0.1) is 0 Å². The second-order valence-corrected chi connectivity index (χ2v) is 7.73. The number of aromatic nitrogens is 1. The number of furan rings is 1. The Balaban J connectivity index is 1.36. The van der Waals surface area contributed by atoms with Gasteiger partial charge in [-0.25, -0.2) is 4.98 Å². The van der Waals surface area contributed by atoms with Gasteiger partial charge in [-0.15, -0.1) is 0 Å². The van der Waals surface area contributed by atoms with E-state index in [2.05, 4.69) is 31.5 Å². The highest BCUT2D eigenvalue weighted by molar-refractivity contribution is 9.10. The molecule has 2 aromatic heterocycles. The van der Waals surface area contributed by atoms with Crippen LogP contribution in [-0.2, 0) is 6.42 Å². The lowest BCUT2D eigenvalue weighted by Crippen LogP contribution is -2.33. The Hall–Kier alpha value is -2.68. The number of thiocarbonyl (C=S) groups is 1. The number of benzene rings is 2. The van der Waals surface area contributed by atoms with Gasteiger partial charge < -0.3 is 14.2 Å². The summed E-state index contributed by atoms with van der Waals surface area (Å²) in [6, 6.07) is 16.1. The number of nitrogens with zero attached hydrogens (tertiary/aromatic N) is 1.